The highest BCUT2D eigenvalue weighted by molar-refractivity contribution is 5.16. The molecule has 3 aliphatic carbocycles. The Labute approximate surface area is 221 Å². The van der Waals surface area contributed by atoms with E-state index in [1.165, 1.54) is 6.42 Å². The summed E-state index contributed by atoms with van der Waals surface area (Å²) in [5.41, 5.74) is -1.34. The second kappa shape index (κ2) is 12.0. The fraction of sp³-hybridized carbons (Fsp3) is 1.00. The zero-order valence-electron chi connectivity index (χ0n) is 23.3. The van der Waals surface area contributed by atoms with Crippen LogP contribution >= 0.6 is 0 Å². The number of aliphatic hydroxyl groups excluding tert-OH is 4. The molecule has 11 unspecified atom stereocenters. The van der Waals surface area contributed by atoms with Crippen LogP contribution in [0.2, 0.25) is 0 Å². The lowest BCUT2D eigenvalue weighted by atomic mass is 9.72. The van der Waals surface area contributed by atoms with Crippen LogP contribution in [0.25, 0.3) is 0 Å². The van der Waals surface area contributed by atoms with E-state index in [-0.39, 0.29) is 24.5 Å². The van der Waals surface area contributed by atoms with Gasteiger partial charge in [-0.05, 0) is 57.3 Å². The molecule has 9 heteroatoms. The number of hydrogen-bond acceptors (Lipinski definition) is 9. The van der Waals surface area contributed by atoms with Crippen molar-refractivity contribution in [3.8, 4) is 0 Å². The molecule has 37 heavy (non-hydrogen) atoms. The van der Waals surface area contributed by atoms with Crippen LogP contribution in [0, 0.1) is 28.6 Å². The van der Waals surface area contributed by atoms with Crippen molar-refractivity contribution < 1.29 is 44.1 Å². The quantitative estimate of drug-likeness (QED) is 0.250. The van der Waals surface area contributed by atoms with Gasteiger partial charge in [0.25, 0.3) is 0 Å². The van der Waals surface area contributed by atoms with Crippen molar-refractivity contribution in [3.63, 3.8) is 0 Å². The molecule has 2 bridgehead atoms. The van der Waals surface area contributed by atoms with Gasteiger partial charge in [0.2, 0.25) is 0 Å². The van der Waals surface area contributed by atoms with Gasteiger partial charge < -0.3 is 44.1 Å². The number of fused-ring (bicyclic) bond motifs is 1. The molecular weight excluding hydrogens is 480 g/mol. The lowest BCUT2D eigenvalue weighted by Crippen LogP contribution is -2.50. The second-order valence-electron chi connectivity index (χ2n) is 12.7. The summed E-state index contributed by atoms with van der Waals surface area (Å²) in [5, 5.41) is 43.2. The third kappa shape index (κ3) is 6.05. The summed E-state index contributed by atoms with van der Waals surface area (Å²) in [6.07, 6.45) is 2.29. The monoisotopic (exact) mass is 530 g/mol. The van der Waals surface area contributed by atoms with E-state index < -0.39 is 54.5 Å². The van der Waals surface area contributed by atoms with Gasteiger partial charge in [-0.1, -0.05) is 47.0 Å². The molecule has 11 atom stereocenters. The predicted octanol–water partition coefficient (Wildman–Crippen LogP) is 3.26. The first-order chi connectivity index (χ1) is 17.5. The highest BCUT2D eigenvalue weighted by Gasteiger charge is 2.72. The van der Waals surface area contributed by atoms with E-state index in [1.807, 2.05) is 13.8 Å². The van der Waals surface area contributed by atoms with Crippen molar-refractivity contribution in [3.05, 3.63) is 0 Å². The van der Waals surface area contributed by atoms with Crippen molar-refractivity contribution >= 4 is 0 Å². The first kappa shape index (κ1) is 29.6. The largest absolute Gasteiger partial charge is 0.367 e. The molecule has 0 aromatic rings. The molecule has 3 saturated carbocycles. The van der Waals surface area contributed by atoms with E-state index in [0.29, 0.717) is 18.8 Å². The van der Waals surface area contributed by atoms with Crippen LogP contribution in [-0.2, 0) is 23.7 Å². The number of rotatable bonds is 14. The molecule has 0 amide bonds. The molecule has 1 aliphatic heterocycles. The van der Waals surface area contributed by atoms with Gasteiger partial charge in [0, 0.05) is 11.3 Å². The van der Waals surface area contributed by atoms with Gasteiger partial charge >= 0.3 is 0 Å². The molecule has 216 valence electrons. The summed E-state index contributed by atoms with van der Waals surface area (Å²) in [4.78, 5) is 0. The Bertz CT molecular complexity index is 730. The first-order valence-corrected chi connectivity index (χ1v) is 14.5. The third-order valence-corrected chi connectivity index (χ3v) is 9.50. The van der Waals surface area contributed by atoms with Gasteiger partial charge in [-0.15, -0.1) is 0 Å². The van der Waals surface area contributed by atoms with Gasteiger partial charge in [-0.2, -0.15) is 0 Å². The number of hydrogen-bond donors (Lipinski definition) is 4. The van der Waals surface area contributed by atoms with Crippen LogP contribution in [0.3, 0.4) is 0 Å². The van der Waals surface area contributed by atoms with E-state index >= 15 is 0 Å². The summed E-state index contributed by atoms with van der Waals surface area (Å²) in [6.45, 7) is 9.86. The number of aliphatic hydroxyl groups is 4. The van der Waals surface area contributed by atoms with Gasteiger partial charge in [-0.3, -0.25) is 0 Å². The molecule has 0 radical (unpaired) electrons. The Morgan fingerprint density at radius 1 is 1.05 bits per heavy atom. The van der Waals surface area contributed by atoms with Crippen molar-refractivity contribution in [2.75, 3.05) is 6.61 Å². The molecule has 4 rings (SSSR count). The highest BCUT2D eigenvalue weighted by Crippen LogP contribution is 2.65. The van der Waals surface area contributed by atoms with E-state index in [1.54, 1.807) is 6.92 Å². The summed E-state index contributed by atoms with van der Waals surface area (Å²) < 4.78 is 29.4. The van der Waals surface area contributed by atoms with Gasteiger partial charge in [0.05, 0.1) is 23.7 Å². The topological polar surface area (TPSA) is 127 Å². The van der Waals surface area contributed by atoms with Crippen LogP contribution in [0.1, 0.15) is 92.4 Å². The zero-order valence-corrected chi connectivity index (χ0v) is 23.3. The smallest absolute Gasteiger partial charge is 0.178 e. The molecule has 1 saturated heterocycles. The first-order valence-electron chi connectivity index (χ1n) is 14.5. The van der Waals surface area contributed by atoms with Crippen molar-refractivity contribution in [1.82, 2.24) is 0 Å². The highest BCUT2D eigenvalue weighted by atomic mass is 16.7. The third-order valence-electron chi connectivity index (χ3n) is 9.50. The minimum absolute atomic E-state index is 0.00129. The fourth-order valence-electron chi connectivity index (χ4n) is 7.51. The predicted molar refractivity (Wildman–Crippen MR) is 135 cm³/mol. The normalized spacial score (nSPS) is 38.6. The van der Waals surface area contributed by atoms with Gasteiger partial charge in [-0.25, -0.2) is 0 Å². The SMILES string of the molecule is CCC(C)(CC(C)C)C(O)OCC(O)OC1C2CC3C1OC(O)C3(C(O)OC(C)OC1CCCCC1)C2. The summed E-state index contributed by atoms with van der Waals surface area (Å²) in [5.74, 6) is 0.259. The Morgan fingerprint density at radius 3 is 2.41 bits per heavy atom. The van der Waals surface area contributed by atoms with Crippen LogP contribution < -0.4 is 0 Å². The standard InChI is InChI=1S/C28H50O9/c1-6-27(5,13-16(2)3)24(30)33-15-21(29)36-22-18-12-20-23(22)37-26(32)28(20,14-18)25(31)35-17(4)34-19-10-8-7-9-11-19/h16-26,29-32H,6-15H2,1-5H3. The van der Waals surface area contributed by atoms with Crippen LogP contribution in [0.4, 0.5) is 0 Å². The molecule has 4 N–H and O–H groups in total. The van der Waals surface area contributed by atoms with Crippen molar-refractivity contribution in [1.29, 1.82) is 0 Å². The Hall–Kier alpha value is -0.360. The molecular formula is C28H50O9. The Balaban J connectivity index is 1.29. The van der Waals surface area contributed by atoms with E-state index in [4.69, 9.17) is 23.7 Å². The Kier molecular flexibility index (Phi) is 9.62. The van der Waals surface area contributed by atoms with Crippen LogP contribution in [0.5, 0.6) is 0 Å². The average molecular weight is 531 g/mol. The average Bonchev–Trinajstić information content (AvgIpc) is 3.45. The molecule has 9 nitrogen and oxygen atoms in total. The van der Waals surface area contributed by atoms with E-state index in [2.05, 4.69) is 13.8 Å². The minimum Gasteiger partial charge on any atom is -0.367 e. The lowest BCUT2D eigenvalue weighted by molar-refractivity contribution is -0.298. The van der Waals surface area contributed by atoms with Gasteiger partial charge in [0.1, 0.15) is 6.61 Å². The summed E-state index contributed by atoms with van der Waals surface area (Å²) in [7, 11) is 0. The van der Waals surface area contributed by atoms with Crippen molar-refractivity contribution in [2.24, 2.45) is 28.6 Å². The zero-order chi connectivity index (χ0) is 27.0. The van der Waals surface area contributed by atoms with Crippen molar-refractivity contribution in [2.45, 2.75) is 142 Å². The van der Waals surface area contributed by atoms with E-state index in [9.17, 15) is 20.4 Å². The Morgan fingerprint density at radius 2 is 1.76 bits per heavy atom. The molecule has 0 spiro atoms. The lowest BCUT2D eigenvalue weighted by Gasteiger charge is -2.40. The molecule has 0 aromatic carbocycles. The fourth-order valence-corrected chi connectivity index (χ4v) is 7.51. The summed E-state index contributed by atoms with van der Waals surface area (Å²) in [6, 6.07) is 0. The number of ether oxygens (including phenoxy) is 5. The molecule has 4 fully saturated rings. The van der Waals surface area contributed by atoms with Crippen LogP contribution in [-0.4, -0.2) is 76.8 Å². The van der Waals surface area contributed by atoms with Crippen LogP contribution in [0.15, 0.2) is 0 Å². The second-order valence-corrected chi connectivity index (χ2v) is 12.7. The molecule has 1 heterocycles. The van der Waals surface area contributed by atoms with E-state index in [0.717, 1.165) is 38.5 Å². The maximum absolute atomic E-state index is 11.1. The molecule has 4 aliphatic rings. The summed E-state index contributed by atoms with van der Waals surface area (Å²) >= 11 is 0. The maximum atomic E-state index is 11.1. The molecule has 0 aromatic heterocycles. The van der Waals surface area contributed by atoms with Gasteiger partial charge in [0.15, 0.2) is 31.5 Å². The maximum Gasteiger partial charge on any atom is 0.178 e. The minimum atomic E-state index is -1.24.